The maximum atomic E-state index is 13.0. The fourth-order valence-corrected chi connectivity index (χ4v) is 2.78. The van der Waals surface area contributed by atoms with Crippen LogP contribution in [0.4, 0.5) is 4.39 Å². The lowest BCUT2D eigenvalue weighted by atomic mass is 9.92. The van der Waals surface area contributed by atoms with Gasteiger partial charge in [-0.1, -0.05) is 59.1 Å². The van der Waals surface area contributed by atoms with Gasteiger partial charge in [-0.15, -0.1) is 0 Å². The first kappa shape index (κ1) is 15.4. The lowest BCUT2D eigenvalue weighted by Gasteiger charge is -2.25. The monoisotopic (exact) mass is 332 g/mol. The van der Waals surface area contributed by atoms with Gasteiger partial charge >= 0.3 is 0 Å². The molecule has 1 nitrogen and oxygen atoms in total. The van der Waals surface area contributed by atoms with Crippen LogP contribution in [0.3, 0.4) is 0 Å². The van der Waals surface area contributed by atoms with Crippen molar-refractivity contribution in [3.63, 3.8) is 0 Å². The molecule has 0 bridgehead atoms. The van der Waals surface area contributed by atoms with Crippen molar-refractivity contribution in [2.75, 3.05) is 7.11 Å². The molecule has 0 aromatic heterocycles. The Labute approximate surface area is 132 Å². The van der Waals surface area contributed by atoms with Crippen LogP contribution in [0.1, 0.15) is 17.0 Å². The predicted molar refractivity (Wildman–Crippen MR) is 81.5 cm³/mol. The Morgan fingerprint density at radius 2 is 1.35 bits per heavy atom. The molecule has 5 heteroatoms. The smallest absolute Gasteiger partial charge is 0.201 e. The Morgan fingerprint density at radius 1 is 0.900 bits per heavy atom. The van der Waals surface area contributed by atoms with E-state index in [1.54, 1.807) is 31.4 Å². The summed E-state index contributed by atoms with van der Waals surface area (Å²) in [5.41, 5.74) is 1.55. The molecule has 0 amide bonds. The molecular formula is C15H12Cl3FO. The van der Waals surface area contributed by atoms with E-state index in [9.17, 15) is 4.39 Å². The highest BCUT2D eigenvalue weighted by Crippen LogP contribution is 2.45. The molecule has 2 aromatic rings. The van der Waals surface area contributed by atoms with Crippen LogP contribution in [0.25, 0.3) is 0 Å². The lowest BCUT2D eigenvalue weighted by molar-refractivity contribution is 0.414. The summed E-state index contributed by atoms with van der Waals surface area (Å²) >= 11 is 18.3. The van der Waals surface area contributed by atoms with Crippen LogP contribution in [0.5, 0.6) is 5.75 Å². The average Bonchev–Trinajstić information content (AvgIpc) is 2.41. The molecule has 0 aliphatic heterocycles. The molecule has 1 unspecified atom stereocenters. The largest absolute Gasteiger partial charge is 0.497 e. The fraction of sp³-hybridized carbons (Fsp3) is 0.200. The molecular weight excluding hydrogens is 322 g/mol. The molecule has 0 radical (unpaired) electrons. The van der Waals surface area contributed by atoms with Crippen LogP contribution in [0, 0.1) is 5.82 Å². The molecule has 106 valence electrons. The van der Waals surface area contributed by atoms with Crippen molar-refractivity contribution >= 4 is 34.8 Å². The van der Waals surface area contributed by atoms with Gasteiger partial charge in [0.15, 0.2) is 0 Å². The Morgan fingerprint density at radius 3 is 1.75 bits per heavy atom. The molecule has 2 rings (SSSR count). The lowest BCUT2D eigenvalue weighted by Crippen LogP contribution is -2.18. The number of hydrogen-bond acceptors (Lipinski definition) is 1. The summed E-state index contributed by atoms with van der Waals surface area (Å²) in [5.74, 6) is -0.0959. The number of rotatable bonds is 3. The van der Waals surface area contributed by atoms with Crippen molar-refractivity contribution in [1.29, 1.82) is 0 Å². The minimum Gasteiger partial charge on any atom is -0.497 e. The van der Waals surface area contributed by atoms with Gasteiger partial charge < -0.3 is 4.74 Å². The molecule has 0 aliphatic carbocycles. The molecule has 0 saturated carbocycles. The highest BCUT2D eigenvalue weighted by Gasteiger charge is 2.35. The number of methoxy groups -OCH3 is 1. The van der Waals surface area contributed by atoms with Gasteiger partial charge in [0.2, 0.25) is 3.79 Å². The van der Waals surface area contributed by atoms with E-state index in [0.717, 1.165) is 16.9 Å². The van der Waals surface area contributed by atoms with Gasteiger partial charge in [-0.25, -0.2) is 4.39 Å². The summed E-state index contributed by atoms with van der Waals surface area (Å²) in [6.07, 6.45) is 0. The third-order valence-electron chi connectivity index (χ3n) is 2.98. The van der Waals surface area contributed by atoms with E-state index in [2.05, 4.69) is 0 Å². The van der Waals surface area contributed by atoms with Crippen LogP contribution >= 0.6 is 34.8 Å². The van der Waals surface area contributed by atoms with Gasteiger partial charge in [-0.2, -0.15) is 0 Å². The molecule has 0 saturated heterocycles. The van der Waals surface area contributed by atoms with E-state index in [-0.39, 0.29) is 5.82 Å². The van der Waals surface area contributed by atoms with Crippen molar-refractivity contribution in [2.24, 2.45) is 0 Å². The molecule has 2 aromatic carbocycles. The van der Waals surface area contributed by atoms with Gasteiger partial charge in [0.1, 0.15) is 11.6 Å². The molecule has 0 heterocycles. The molecule has 20 heavy (non-hydrogen) atoms. The highest BCUT2D eigenvalue weighted by molar-refractivity contribution is 6.68. The number of alkyl halides is 3. The van der Waals surface area contributed by atoms with Gasteiger partial charge in [0.25, 0.3) is 0 Å². The molecule has 0 fully saturated rings. The number of halogens is 4. The first-order valence-electron chi connectivity index (χ1n) is 5.88. The minimum atomic E-state index is -1.54. The van der Waals surface area contributed by atoms with Gasteiger partial charge in [-0.3, -0.25) is 0 Å². The Hall–Kier alpha value is -0.960. The van der Waals surface area contributed by atoms with Crippen molar-refractivity contribution in [1.82, 2.24) is 0 Å². The maximum Gasteiger partial charge on any atom is 0.201 e. The fourth-order valence-electron chi connectivity index (χ4n) is 2.02. The summed E-state index contributed by atoms with van der Waals surface area (Å²) in [6, 6.07) is 13.2. The van der Waals surface area contributed by atoms with E-state index in [0.29, 0.717) is 0 Å². The standard InChI is InChI=1S/C15H12Cl3FO/c1-20-13-8-4-11(5-9-13)14(15(16,17)18)10-2-6-12(19)7-3-10/h2-9,14H,1H3. The Kier molecular flexibility index (Phi) is 4.79. The van der Waals surface area contributed by atoms with E-state index in [1.807, 2.05) is 12.1 Å². The topological polar surface area (TPSA) is 9.23 Å². The summed E-state index contributed by atoms with van der Waals surface area (Å²) in [5, 5.41) is 0. The normalized spacial score (nSPS) is 13.1. The first-order valence-corrected chi connectivity index (χ1v) is 7.01. The van der Waals surface area contributed by atoms with Crippen LogP contribution in [-0.2, 0) is 0 Å². The van der Waals surface area contributed by atoms with E-state index in [4.69, 9.17) is 39.5 Å². The second-order valence-electron chi connectivity index (χ2n) is 4.30. The van der Waals surface area contributed by atoms with Crippen LogP contribution in [-0.4, -0.2) is 10.9 Å². The summed E-state index contributed by atoms with van der Waals surface area (Å²) < 4.78 is 16.6. The van der Waals surface area contributed by atoms with Gasteiger partial charge in [-0.05, 0) is 35.4 Å². The second-order valence-corrected chi connectivity index (χ2v) is 6.67. The van der Waals surface area contributed by atoms with Crippen molar-refractivity contribution in [3.8, 4) is 5.75 Å². The van der Waals surface area contributed by atoms with E-state index in [1.165, 1.54) is 12.1 Å². The third kappa shape index (κ3) is 3.57. The van der Waals surface area contributed by atoms with Gasteiger partial charge in [0.05, 0.1) is 13.0 Å². The first-order chi connectivity index (χ1) is 9.41. The van der Waals surface area contributed by atoms with E-state index < -0.39 is 9.71 Å². The second kappa shape index (κ2) is 6.21. The van der Waals surface area contributed by atoms with Gasteiger partial charge in [0, 0.05) is 0 Å². The number of hydrogen-bond donors (Lipinski definition) is 0. The molecule has 0 aliphatic rings. The summed E-state index contributed by atoms with van der Waals surface area (Å²) in [7, 11) is 1.58. The summed E-state index contributed by atoms with van der Waals surface area (Å²) in [4.78, 5) is 0. The van der Waals surface area contributed by atoms with Crippen molar-refractivity contribution in [3.05, 3.63) is 65.5 Å². The number of ether oxygens (including phenoxy) is 1. The Balaban J connectivity index is 2.44. The zero-order chi connectivity index (χ0) is 14.8. The van der Waals surface area contributed by atoms with Crippen LogP contribution in [0.15, 0.2) is 48.5 Å². The predicted octanol–water partition coefficient (Wildman–Crippen LogP) is 5.34. The quantitative estimate of drug-likeness (QED) is 0.689. The Bertz CT molecular complexity index is 561. The zero-order valence-electron chi connectivity index (χ0n) is 10.6. The number of benzene rings is 2. The SMILES string of the molecule is COc1ccc(C(c2ccc(F)cc2)C(Cl)(Cl)Cl)cc1. The summed E-state index contributed by atoms with van der Waals surface area (Å²) in [6.45, 7) is 0. The average molecular weight is 334 g/mol. The third-order valence-corrected chi connectivity index (χ3v) is 3.63. The maximum absolute atomic E-state index is 13.0. The molecule has 0 spiro atoms. The highest BCUT2D eigenvalue weighted by atomic mass is 35.6. The molecule has 0 N–H and O–H groups in total. The van der Waals surface area contributed by atoms with E-state index >= 15 is 0 Å². The molecule has 1 atom stereocenters. The van der Waals surface area contributed by atoms with Crippen LogP contribution in [0.2, 0.25) is 0 Å². The van der Waals surface area contributed by atoms with Crippen molar-refractivity contribution in [2.45, 2.75) is 9.71 Å². The zero-order valence-corrected chi connectivity index (χ0v) is 12.9. The van der Waals surface area contributed by atoms with Crippen molar-refractivity contribution < 1.29 is 9.13 Å². The minimum absolute atomic E-state index is 0.327. The van der Waals surface area contributed by atoms with Crippen LogP contribution < -0.4 is 4.74 Å².